The molecule has 0 heterocycles. The smallest absolute Gasteiger partial charge is 0.310 e. The molecule has 26 heavy (non-hydrogen) atoms. The van der Waals surface area contributed by atoms with Crippen molar-refractivity contribution in [3.63, 3.8) is 0 Å². The van der Waals surface area contributed by atoms with Crippen LogP contribution in [0.15, 0.2) is 12.1 Å². The van der Waals surface area contributed by atoms with Gasteiger partial charge in [-0.05, 0) is 24.5 Å². The van der Waals surface area contributed by atoms with E-state index in [1.165, 1.54) is 6.07 Å². The van der Waals surface area contributed by atoms with Gasteiger partial charge in [0.05, 0.1) is 18.6 Å². The first kappa shape index (κ1) is 22.0. The molecule has 1 aromatic rings. The van der Waals surface area contributed by atoms with E-state index in [4.69, 9.17) is 4.74 Å². The Kier molecular flexibility index (Phi) is 10.4. The fourth-order valence-electron chi connectivity index (χ4n) is 2.89. The van der Waals surface area contributed by atoms with E-state index in [2.05, 4.69) is 13.8 Å². The second kappa shape index (κ2) is 12.3. The van der Waals surface area contributed by atoms with E-state index >= 15 is 0 Å². The summed E-state index contributed by atoms with van der Waals surface area (Å²) in [7, 11) is 0. The number of benzene rings is 1. The van der Waals surface area contributed by atoms with Crippen LogP contribution < -0.4 is 0 Å². The second-order valence-electron chi connectivity index (χ2n) is 6.69. The third-order valence-electron chi connectivity index (χ3n) is 4.32. The molecule has 146 valence electrons. The van der Waals surface area contributed by atoms with E-state index in [0.29, 0.717) is 18.6 Å². The summed E-state index contributed by atoms with van der Waals surface area (Å²) in [5.74, 6) is -1.11. The van der Waals surface area contributed by atoms with Crippen LogP contribution in [0.3, 0.4) is 0 Å². The quantitative estimate of drug-likeness (QED) is 0.295. The number of phenolic OH excluding ortho intramolecular Hbond substituents is 2. The summed E-state index contributed by atoms with van der Waals surface area (Å²) in [4.78, 5) is 24.5. The Morgan fingerprint density at radius 3 is 2.27 bits per heavy atom. The van der Waals surface area contributed by atoms with Gasteiger partial charge < -0.3 is 14.9 Å². The number of Topliss-reactive ketones (excluding diaryl/α,β-unsaturated/α-hetero) is 1. The van der Waals surface area contributed by atoms with E-state index < -0.39 is 5.97 Å². The zero-order chi connectivity index (χ0) is 19.4. The highest BCUT2D eigenvalue weighted by Gasteiger charge is 2.20. The van der Waals surface area contributed by atoms with Crippen molar-refractivity contribution >= 4 is 11.8 Å². The number of hydrogen-bond donors (Lipinski definition) is 2. The van der Waals surface area contributed by atoms with Gasteiger partial charge in [0.2, 0.25) is 0 Å². The van der Waals surface area contributed by atoms with Gasteiger partial charge in [-0.25, -0.2) is 0 Å². The van der Waals surface area contributed by atoms with Gasteiger partial charge in [-0.3, -0.25) is 9.59 Å². The van der Waals surface area contributed by atoms with Crippen LogP contribution in [0.25, 0.3) is 0 Å². The lowest BCUT2D eigenvalue weighted by molar-refractivity contribution is -0.142. The van der Waals surface area contributed by atoms with E-state index in [9.17, 15) is 19.8 Å². The summed E-state index contributed by atoms with van der Waals surface area (Å²) in [6, 6.07) is 2.50. The average Bonchev–Trinajstić information content (AvgIpc) is 2.58. The summed E-state index contributed by atoms with van der Waals surface area (Å²) in [6.45, 7) is 4.54. The Bertz CT molecular complexity index is 580. The summed E-state index contributed by atoms with van der Waals surface area (Å²) in [6.07, 6.45) is 8.10. The summed E-state index contributed by atoms with van der Waals surface area (Å²) < 4.78 is 5.17. The lowest BCUT2D eigenvalue weighted by Gasteiger charge is -2.12. The molecule has 1 aromatic carbocycles. The number of rotatable bonds is 13. The molecular formula is C21H32O5. The van der Waals surface area contributed by atoms with Crippen molar-refractivity contribution in [2.45, 2.75) is 78.1 Å². The minimum absolute atomic E-state index is 0.129. The number of hydrogen-bond acceptors (Lipinski definition) is 5. The van der Waals surface area contributed by atoms with E-state index in [-0.39, 0.29) is 29.3 Å². The largest absolute Gasteiger partial charge is 0.508 e. The van der Waals surface area contributed by atoms with Crippen LogP contribution >= 0.6 is 0 Å². The van der Waals surface area contributed by atoms with Gasteiger partial charge in [0.25, 0.3) is 0 Å². The van der Waals surface area contributed by atoms with Gasteiger partial charge >= 0.3 is 5.97 Å². The zero-order valence-electron chi connectivity index (χ0n) is 16.1. The number of ether oxygens (including phenoxy) is 1. The standard InChI is InChI=1S/C21H32O5/c1-3-5-7-8-9-11-18(23)21-16(13-17(22)15-19(21)24)14-20(25)26-12-10-6-4-2/h13,15,22,24H,3-12,14H2,1-2H3. The maximum absolute atomic E-state index is 12.5. The van der Waals surface area contributed by atoms with Gasteiger partial charge in [0.15, 0.2) is 5.78 Å². The third kappa shape index (κ3) is 7.89. The fourth-order valence-corrected chi connectivity index (χ4v) is 2.89. The highest BCUT2D eigenvalue weighted by atomic mass is 16.5. The molecule has 5 heteroatoms. The first-order valence-corrected chi connectivity index (χ1v) is 9.73. The van der Waals surface area contributed by atoms with Crippen molar-refractivity contribution in [2.75, 3.05) is 6.61 Å². The van der Waals surface area contributed by atoms with Crippen LogP contribution in [0.5, 0.6) is 11.5 Å². The monoisotopic (exact) mass is 364 g/mol. The Balaban J connectivity index is 2.72. The van der Waals surface area contributed by atoms with Crippen LogP contribution in [-0.2, 0) is 16.0 Å². The molecule has 0 aliphatic heterocycles. The predicted molar refractivity (Wildman–Crippen MR) is 102 cm³/mol. The second-order valence-corrected chi connectivity index (χ2v) is 6.69. The fraction of sp³-hybridized carbons (Fsp3) is 0.619. The highest BCUT2D eigenvalue weighted by molar-refractivity contribution is 6.01. The molecule has 0 atom stereocenters. The molecule has 0 aliphatic carbocycles. The summed E-state index contributed by atoms with van der Waals surface area (Å²) in [5, 5.41) is 19.8. The Morgan fingerprint density at radius 2 is 1.58 bits per heavy atom. The number of carbonyl (C=O) groups excluding carboxylic acids is 2. The van der Waals surface area contributed by atoms with Crippen molar-refractivity contribution < 1.29 is 24.5 Å². The Labute approximate surface area is 156 Å². The van der Waals surface area contributed by atoms with Gasteiger partial charge in [-0.15, -0.1) is 0 Å². The SMILES string of the molecule is CCCCCCCC(=O)c1c(O)cc(O)cc1CC(=O)OCCCCC. The van der Waals surface area contributed by atoms with Crippen LogP contribution in [-0.4, -0.2) is 28.6 Å². The predicted octanol–water partition coefficient (Wildman–Crippen LogP) is 4.92. The van der Waals surface area contributed by atoms with Crippen molar-refractivity contribution in [3.8, 4) is 11.5 Å². The minimum atomic E-state index is -0.455. The van der Waals surface area contributed by atoms with Crippen LogP contribution in [0, 0.1) is 0 Å². The first-order chi connectivity index (χ1) is 12.5. The Morgan fingerprint density at radius 1 is 0.923 bits per heavy atom. The van der Waals surface area contributed by atoms with Crippen molar-refractivity contribution in [2.24, 2.45) is 0 Å². The van der Waals surface area contributed by atoms with Crippen molar-refractivity contribution in [3.05, 3.63) is 23.3 Å². The molecule has 5 nitrogen and oxygen atoms in total. The normalized spacial score (nSPS) is 10.7. The maximum atomic E-state index is 12.5. The molecule has 0 unspecified atom stereocenters. The molecule has 0 aliphatic rings. The van der Waals surface area contributed by atoms with Gasteiger partial charge in [-0.2, -0.15) is 0 Å². The van der Waals surface area contributed by atoms with E-state index in [1.54, 1.807) is 0 Å². The van der Waals surface area contributed by atoms with Crippen LogP contribution in [0.2, 0.25) is 0 Å². The van der Waals surface area contributed by atoms with Gasteiger partial charge in [-0.1, -0.05) is 52.4 Å². The number of esters is 1. The zero-order valence-corrected chi connectivity index (χ0v) is 16.1. The molecule has 0 aromatic heterocycles. The van der Waals surface area contributed by atoms with Gasteiger partial charge in [0.1, 0.15) is 11.5 Å². The number of phenols is 2. The number of carbonyl (C=O) groups is 2. The molecule has 2 N–H and O–H groups in total. The van der Waals surface area contributed by atoms with Crippen LogP contribution in [0.1, 0.15) is 87.6 Å². The highest BCUT2D eigenvalue weighted by Crippen LogP contribution is 2.29. The third-order valence-corrected chi connectivity index (χ3v) is 4.32. The molecule has 0 saturated heterocycles. The lowest BCUT2D eigenvalue weighted by atomic mass is 9.96. The van der Waals surface area contributed by atoms with Gasteiger partial charge in [0, 0.05) is 12.5 Å². The van der Waals surface area contributed by atoms with Crippen LogP contribution in [0.4, 0.5) is 0 Å². The molecule has 0 amide bonds. The van der Waals surface area contributed by atoms with Crippen molar-refractivity contribution in [1.82, 2.24) is 0 Å². The molecule has 0 bridgehead atoms. The number of aromatic hydroxyl groups is 2. The molecule has 0 saturated carbocycles. The minimum Gasteiger partial charge on any atom is -0.508 e. The molecule has 0 radical (unpaired) electrons. The van der Waals surface area contributed by atoms with Crippen molar-refractivity contribution in [1.29, 1.82) is 0 Å². The molecular weight excluding hydrogens is 332 g/mol. The summed E-state index contributed by atoms with van der Waals surface area (Å²) in [5.41, 5.74) is 0.449. The lowest BCUT2D eigenvalue weighted by Crippen LogP contribution is -2.13. The summed E-state index contributed by atoms with van der Waals surface area (Å²) >= 11 is 0. The maximum Gasteiger partial charge on any atom is 0.310 e. The average molecular weight is 364 g/mol. The number of unbranched alkanes of at least 4 members (excludes halogenated alkanes) is 6. The Hall–Kier alpha value is -2.04. The molecule has 0 fully saturated rings. The first-order valence-electron chi connectivity index (χ1n) is 9.73. The van der Waals surface area contributed by atoms with E-state index in [0.717, 1.165) is 57.4 Å². The molecule has 1 rings (SSSR count). The molecule has 0 spiro atoms. The topological polar surface area (TPSA) is 83.8 Å². The van der Waals surface area contributed by atoms with E-state index in [1.807, 2.05) is 0 Å². The number of ketones is 1.